The van der Waals surface area contributed by atoms with Crippen molar-refractivity contribution in [3.05, 3.63) is 48.6 Å². The topological polar surface area (TPSA) is 140 Å². The zero-order valence-corrected chi connectivity index (χ0v) is 14.3. The molecule has 0 bridgehead atoms. The Morgan fingerprint density at radius 3 is 1.50 bits per heavy atom. The standard InChI is InChI=1S/C9H10.2C2H6O3S.H2O/c1-2-6-9-7-4-3-5-8-9;2*1-2-6(3,4)5;/h2-5,7-8H,1,6H2;2*2H2,1H3,(H,3,4,5);1H2. The van der Waals surface area contributed by atoms with Crippen LogP contribution in [-0.2, 0) is 26.7 Å². The van der Waals surface area contributed by atoms with Crippen LogP contribution in [0.1, 0.15) is 19.4 Å². The third-order valence-corrected chi connectivity index (χ3v) is 3.41. The second kappa shape index (κ2) is 13.4. The molecule has 4 N–H and O–H groups in total. The highest BCUT2D eigenvalue weighted by molar-refractivity contribution is 7.85. The predicted octanol–water partition coefficient (Wildman–Crippen LogP) is 1.38. The monoisotopic (exact) mass is 356 g/mol. The molecule has 0 heterocycles. The molecule has 0 aliphatic heterocycles. The maximum Gasteiger partial charge on any atom is 0.264 e. The maximum atomic E-state index is 9.56. The number of rotatable bonds is 4. The largest absolute Gasteiger partial charge is 0.412 e. The molecule has 1 rings (SSSR count). The van der Waals surface area contributed by atoms with Crippen molar-refractivity contribution in [1.82, 2.24) is 0 Å². The van der Waals surface area contributed by atoms with Gasteiger partial charge in [-0.1, -0.05) is 36.4 Å². The van der Waals surface area contributed by atoms with Gasteiger partial charge in [0.15, 0.2) is 0 Å². The van der Waals surface area contributed by atoms with Crippen LogP contribution in [0.5, 0.6) is 0 Å². The molecular formula is C13H24O7S2. The lowest BCUT2D eigenvalue weighted by Gasteiger charge is -1.91. The van der Waals surface area contributed by atoms with E-state index in [0.717, 1.165) is 6.42 Å². The van der Waals surface area contributed by atoms with Gasteiger partial charge < -0.3 is 5.48 Å². The van der Waals surface area contributed by atoms with Gasteiger partial charge in [0, 0.05) is 0 Å². The van der Waals surface area contributed by atoms with E-state index >= 15 is 0 Å². The van der Waals surface area contributed by atoms with Gasteiger partial charge >= 0.3 is 0 Å². The average molecular weight is 356 g/mol. The Hall–Kier alpha value is -1.26. The summed E-state index contributed by atoms with van der Waals surface area (Å²) in [5.74, 6) is -0.403. The zero-order chi connectivity index (χ0) is 16.9. The summed E-state index contributed by atoms with van der Waals surface area (Å²) in [6, 6.07) is 10.3. The van der Waals surface area contributed by atoms with E-state index in [-0.39, 0.29) is 17.0 Å². The maximum absolute atomic E-state index is 9.56. The normalized spacial score (nSPS) is 10.0. The third-order valence-electron chi connectivity index (χ3n) is 1.95. The van der Waals surface area contributed by atoms with Gasteiger partial charge in [-0.25, -0.2) is 0 Å². The van der Waals surface area contributed by atoms with Gasteiger partial charge in [0.2, 0.25) is 0 Å². The van der Waals surface area contributed by atoms with Gasteiger partial charge in [-0.15, -0.1) is 6.58 Å². The van der Waals surface area contributed by atoms with Crippen LogP contribution in [0.3, 0.4) is 0 Å². The Morgan fingerprint density at radius 2 is 1.27 bits per heavy atom. The Morgan fingerprint density at radius 1 is 0.955 bits per heavy atom. The Bertz CT molecular complexity index is 546. The molecule has 130 valence electrons. The average Bonchev–Trinajstić information content (AvgIpc) is 2.40. The second-order valence-corrected chi connectivity index (χ2v) is 7.20. The molecule has 0 unspecified atom stereocenters. The fraction of sp³-hybridized carbons (Fsp3) is 0.385. The van der Waals surface area contributed by atoms with E-state index in [0.29, 0.717) is 0 Å². The van der Waals surface area contributed by atoms with E-state index in [2.05, 4.69) is 18.7 Å². The summed E-state index contributed by atoms with van der Waals surface area (Å²) >= 11 is 0. The molecule has 0 atom stereocenters. The molecular weight excluding hydrogens is 332 g/mol. The summed E-state index contributed by atoms with van der Waals surface area (Å²) in [5.41, 5.74) is 1.33. The number of hydrogen-bond acceptors (Lipinski definition) is 4. The molecule has 0 aromatic heterocycles. The quantitative estimate of drug-likeness (QED) is 0.617. The number of hydrogen-bond donors (Lipinski definition) is 2. The van der Waals surface area contributed by atoms with Crippen molar-refractivity contribution >= 4 is 20.2 Å². The predicted molar refractivity (Wildman–Crippen MR) is 88.1 cm³/mol. The van der Waals surface area contributed by atoms with Gasteiger partial charge in [-0.2, -0.15) is 16.8 Å². The molecule has 9 heteroatoms. The van der Waals surface area contributed by atoms with E-state index in [1.54, 1.807) is 0 Å². The molecule has 1 aromatic rings. The summed E-state index contributed by atoms with van der Waals surface area (Å²) in [6.07, 6.45) is 2.89. The van der Waals surface area contributed by atoms with E-state index in [1.807, 2.05) is 24.3 Å². The van der Waals surface area contributed by atoms with Gasteiger partial charge in [0.25, 0.3) is 20.2 Å². The van der Waals surface area contributed by atoms with Crippen molar-refractivity contribution in [1.29, 1.82) is 0 Å². The van der Waals surface area contributed by atoms with Crippen LogP contribution in [0.2, 0.25) is 0 Å². The zero-order valence-electron chi connectivity index (χ0n) is 12.6. The minimum atomic E-state index is -3.66. The van der Waals surface area contributed by atoms with E-state index in [4.69, 9.17) is 9.11 Å². The molecule has 0 spiro atoms. The fourth-order valence-corrected chi connectivity index (χ4v) is 0.781. The van der Waals surface area contributed by atoms with Crippen LogP contribution in [0.15, 0.2) is 43.0 Å². The first-order valence-corrected chi connectivity index (χ1v) is 9.32. The highest BCUT2D eigenvalue weighted by atomic mass is 32.2. The van der Waals surface area contributed by atoms with E-state index in [9.17, 15) is 16.8 Å². The van der Waals surface area contributed by atoms with Gasteiger partial charge in [0.1, 0.15) is 0 Å². The van der Waals surface area contributed by atoms with Crippen LogP contribution in [0, 0.1) is 0 Å². The third kappa shape index (κ3) is 23.8. The van der Waals surface area contributed by atoms with Gasteiger partial charge in [-0.3, -0.25) is 9.11 Å². The highest BCUT2D eigenvalue weighted by Gasteiger charge is 1.93. The number of benzene rings is 1. The molecule has 0 aliphatic rings. The van der Waals surface area contributed by atoms with Gasteiger partial charge in [-0.05, 0) is 25.8 Å². The smallest absolute Gasteiger partial charge is 0.264 e. The summed E-state index contributed by atoms with van der Waals surface area (Å²) in [6.45, 7) is 6.40. The molecule has 0 saturated carbocycles. The van der Waals surface area contributed by atoms with Crippen molar-refractivity contribution < 1.29 is 31.4 Å². The lowest BCUT2D eigenvalue weighted by Crippen LogP contribution is -1.97. The van der Waals surface area contributed by atoms with Crippen molar-refractivity contribution in [2.24, 2.45) is 0 Å². The Balaban J connectivity index is -0.000000250. The second-order valence-electron chi connectivity index (χ2n) is 3.72. The van der Waals surface area contributed by atoms with Crippen molar-refractivity contribution in [2.75, 3.05) is 11.5 Å². The molecule has 22 heavy (non-hydrogen) atoms. The van der Waals surface area contributed by atoms with Crippen molar-refractivity contribution in [3.63, 3.8) is 0 Å². The van der Waals surface area contributed by atoms with E-state index < -0.39 is 20.2 Å². The Labute approximate surface area is 132 Å². The number of allylic oxidation sites excluding steroid dienone is 1. The summed E-state index contributed by atoms with van der Waals surface area (Å²) in [7, 11) is -7.32. The molecule has 0 saturated heterocycles. The SMILES string of the molecule is C=CCc1ccccc1.CCS(=O)(=O)O.CCS(=O)(=O)O.O. The van der Waals surface area contributed by atoms with Gasteiger partial charge in [0.05, 0.1) is 11.5 Å². The summed E-state index contributed by atoms with van der Waals surface area (Å²) in [4.78, 5) is 0. The lowest BCUT2D eigenvalue weighted by atomic mass is 10.2. The molecule has 7 nitrogen and oxygen atoms in total. The molecule has 0 radical (unpaired) electrons. The van der Waals surface area contributed by atoms with Crippen LogP contribution in [-0.4, -0.2) is 42.9 Å². The van der Waals surface area contributed by atoms with Crippen LogP contribution in [0.4, 0.5) is 0 Å². The minimum absolute atomic E-state index is 0. The molecule has 0 fully saturated rings. The van der Waals surface area contributed by atoms with Crippen molar-refractivity contribution in [2.45, 2.75) is 20.3 Å². The van der Waals surface area contributed by atoms with Crippen molar-refractivity contribution in [3.8, 4) is 0 Å². The summed E-state index contributed by atoms with van der Waals surface area (Å²) in [5, 5.41) is 0. The minimum Gasteiger partial charge on any atom is -0.412 e. The van der Waals surface area contributed by atoms with Crippen LogP contribution >= 0.6 is 0 Å². The lowest BCUT2D eigenvalue weighted by molar-refractivity contribution is 0.482. The molecule has 0 amide bonds. The highest BCUT2D eigenvalue weighted by Crippen LogP contribution is 1.98. The first-order valence-electron chi connectivity index (χ1n) is 6.10. The van der Waals surface area contributed by atoms with Crippen LogP contribution in [0.25, 0.3) is 0 Å². The molecule has 0 aliphatic carbocycles. The first kappa shape index (κ1) is 25.7. The Kier molecular flexibility index (Phi) is 15.6. The van der Waals surface area contributed by atoms with E-state index in [1.165, 1.54) is 19.4 Å². The summed E-state index contributed by atoms with van der Waals surface area (Å²) < 4.78 is 53.8. The molecule has 1 aromatic carbocycles. The first-order chi connectivity index (χ1) is 9.55. The van der Waals surface area contributed by atoms with Crippen LogP contribution < -0.4 is 0 Å². The fourth-order valence-electron chi connectivity index (χ4n) is 0.781.